The highest BCUT2D eigenvalue weighted by molar-refractivity contribution is 7.89. The van der Waals surface area contributed by atoms with Crippen LogP contribution in [0, 0.1) is 0 Å². The van der Waals surface area contributed by atoms with Gasteiger partial charge in [-0.15, -0.1) is 0 Å². The van der Waals surface area contributed by atoms with E-state index in [4.69, 9.17) is 15.6 Å². The van der Waals surface area contributed by atoms with Gasteiger partial charge in [-0.05, 0) is 24.6 Å². The van der Waals surface area contributed by atoms with Crippen molar-refractivity contribution in [3.05, 3.63) is 23.8 Å². The minimum absolute atomic E-state index is 0.0550. The number of rotatable bonds is 4. The van der Waals surface area contributed by atoms with Gasteiger partial charge in [-0.1, -0.05) is 0 Å². The largest absolute Gasteiger partial charge is 0.478 e. The summed E-state index contributed by atoms with van der Waals surface area (Å²) < 4.78 is 31.8. The summed E-state index contributed by atoms with van der Waals surface area (Å²) in [6.07, 6.45) is 0.604. The molecule has 1 aromatic carbocycles. The van der Waals surface area contributed by atoms with Crippen LogP contribution in [-0.2, 0) is 14.8 Å². The number of anilines is 1. The number of hydrogen-bond acceptors (Lipinski definition) is 5. The van der Waals surface area contributed by atoms with Gasteiger partial charge in [-0.2, -0.15) is 0 Å². The van der Waals surface area contributed by atoms with Crippen molar-refractivity contribution in [1.29, 1.82) is 0 Å². The molecule has 1 unspecified atom stereocenters. The van der Waals surface area contributed by atoms with Crippen LogP contribution in [0.4, 0.5) is 5.69 Å². The van der Waals surface area contributed by atoms with Crippen molar-refractivity contribution in [2.45, 2.75) is 17.4 Å². The predicted octanol–water partition coefficient (Wildman–Crippen LogP) is 0.0342. The molecule has 2 rings (SSSR count). The minimum atomic E-state index is -3.76. The topological polar surface area (TPSA) is 119 Å². The molecule has 0 bridgehead atoms. The Kier molecular flexibility index (Phi) is 3.74. The van der Waals surface area contributed by atoms with E-state index in [0.717, 1.165) is 6.07 Å². The molecule has 0 aromatic heterocycles. The minimum Gasteiger partial charge on any atom is -0.478 e. The summed E-state index contributed by atoms with van der Waals surface area (Å²) in [5.41, 5.74) is 5.46. The summed E-state index contributed by atoms with van der Waals surface area (Å²) in [6.45, 7) is 0.840. The molecular formula is C11H14N2O5S. The number of aromatic carboxylic acids is 1. The highest BCUT2D eigenvalue weighted by Crippen LogP contribution is 2.21. The molecule has 1 atom stereocenters. The molecule has 0 aliphatic carbocycles. The Morgan fingerprint density at radius 2 is 2.21 bits per heavy atom. The standard InChI is InChI=1S/C11H14N2O5S/c12-9-5-7(11(14)15)1-2-10(9)19(16,17)13-8-3-4-18-6-8/h1-2,5,8,13H,3-4,6,12H2,(H,14,15). The second-order valence-corrected chi connectivity index (χ2v) is 5.92. The third-order valence-electron chi connectivity index (χ3n) is 2.80. The van der Waals surface area contributed by atoms with Gasteiger partial charge in [0, 0.05) is 12.6 Å². The van der Waals surface area contributed by atoms with E-state index in [9.17, 15) is 13.2 Å². The van der Waals surface area contributed by atoms with Gasteiger partial charge in [0.15, 0.2) is 0 Å². The predicted molar refractivity (Wildman–Crippen MR) is 67.4 cm³/mol. The van der Waals surface area contributed by atoms with Gasteiger partial charge < -0.3 is 15.6 Å². The van der Waals surface area contributed by atoms with Crippen LogP contribution in [0.3, 0.4) is 0 Å². The molecule has 1 heterocycles. The lowest BCUT2D eigenvalue weighted by molar-refractivity contribution is 0.0697. The first-order valence-electron chi connectivity index (χ1n) is 5.63. The lowest BCUT2D eigenvalue weighted by Gasteiger charge is -2.13. The van der Waals surface area contributed by atoms with Crippen LogP contribution < -0.4 is 10.5 Å². The average molecular weight is 286 g/mol. The van der Waals surface area contributed by atoms with Gasteiger partial charge in [-0.3, -0.25) is 0 Å². The molecule has 0 saturated carbocycles. The zero-order chi connectivity index (χ0) is 14.0. The number of carboxylic acid groups (broad SMARTS) is 1. The van der Waals surface area contributed by atoms with Gasteiger partial charge in [0.05, 0.1) is 17.9 Å². The maximum atomic E-state index is 12.1. The molecule has 104 valence electrons. The van der Waals surface area contributed by atoms with Crippen molar-refractivity contribution in [2.75, 3.05) is 18.9 Å². The van der Waals surface area contributed by atoms with E-state index < -0.39 is 16.0 Å². The van der Waals surface area contributed by atoms with Crippen LogP contribution in [0.15, 0.2) is 23.1 Å². The van der Waals surface area contributed by atoms with Gasteiger partial charge in [0.2, 0.25) is 10.0 Å². The first-order chi connectivity index (χ1) is 8.90. The Balaban J connectivity index is 2.27. The third-order valence-corrected chi connectivity index (χ3v) is 4.39. The fraction of sp³-hybridized carbons (Fsp3) is 0.364. The fourth-order valence-electron chi connectivity index (χ4n) is 1.84. The summed E-state index contributed by atoms with van der Waals surface area (Å²) in [4.78, 5) is 10.6. The molecule has 0 spiro atoms. The van der Waals surface area contributed by atoms with E-state index in [1.807, 2.05) is 0 Å². The summed E-state index contributed by atoms with van der Waals surface area (Å²) >= 11 is 0. The number of benzene rings is 1. The second kappa shape index (κ2) is 5.16. The van der Waals surface area contributed by atoms with Crippen LogP contribution in [-0.4, -0.2) is 38.7 Å². The first-order valence-corrected chi connectivity index (χ1v) is 7.11. The van der Waals surface area contributed by atoms with Crippen LogP contribution in [0.5, 0.6) is 0 Å². The van der Waals surface area contributed by atoms with E-state index in [-0.39, 0.29) is 22.2 Å². The molecule has 8 heteroatoms. The Bertz CT molecular complexity index is 593. The number of sulfonamides is 1. The summed E-state index contributed by atoms with van der Waals surface area (Å²) in [6, 6.07) is 3.25. The number of ether oxygens (including phenoxy) is 1. The van der Waals surface area contributed by atoms with E-state index in [0.29, 0.717) is 19.6 Å². The molecule has 19 heavy (non-hydrogen) atoms. The van der Waals surface area contributed by atoms with Crippen molar-refractivity contribution in [1.82, 2.24) is 4.72 Å². The second-order valence-electron chi connectivity index (χ2n) is 4.24. The molecule has 1 saturated heterocycles. The highest BCUT2D eigenvalue weighted by Gasteiger charge is 2.25. The lowest BCUT2D eigenvalue weighted by Crippen LogP contribution is -2.35. The van der Waals surface area contributed by atoms with Crippen LogP contribution in [0.1, 0.15) is 16.8 Å². The maximum Gasteiger partial charge on any atom is 0.335 e. The normalized spacial score (nSPS) is 19.5. The molecule has 7 nitrogen and oxygen atoms in total. The van der Waals surface area contributed by atoms with E-state index in [2.05, 4.69) is 4.72 Å². The Morgan fingerprint density at radius 1 is 1.47 bits per heavy atom. The Morgan fingerprint density at radius 3 is 2.74 bits per heavy atom. The maximum absolute atomic E-state index is 12.1. The third kappa shape index (κ3) is 3.03. The van der Waals surface area contributed by atoms with Crippen LogP contribution in [0.2, 0.25) is 0 Å². The van der Waals surface area contributed by atoms with Crippen molar-refractivity contribution >= 4 is 21.7 Å². The van der Waals surface area contributed by atoms with Crippen molar-refractivity contribution in [3.8, 4) is 0 Å². The number of carbonyl (C=O) groups is 1. The molecule has 1 aliphatic rings. The smallest absolute Gasteiger partial charge is 0.335 e. The number of nitrogen functional groups attached to an aromatic ring is 1. The molecule has 0 radical (unpaired) electrons. The highest BCUT2D eigenvalue weighted by atomic mass is 32.2. The molecule has 0 amide bonds. The first kappa shape index (κ1) is 13.8. The van der Waals surface area contributed by atoms with Crippen LogP contribution in [0.25, 0.3) is 0 Å². The van der Waals surface area contributed by atoms with Crippen molar-refractivity contribution in [3.63, 3.8) is 0 Å². The number of carboxylic acids is 1. The Labute approximate surface area is 110 Å². The Hall–Kier alpha value is -1.64. The van der Waals surface area contributed by atoms with Gasteiger partial charge >= 0.3 is 5.97 Å². The van der Waals surface area contributed by atoms with E-state index >= 15 is 0 Å². The monoisotopic (exact) mass is 286 g/mol. The quantitative estimate of drug-likeness (QED) is 0.672. The summed E-state index contributed by atoms with van der Waals surface area (Å²) in [5, 5.41) is 8.80. The van der Waals surface area contributed by atoms with Crippen molar-refractivity contribution < 1.29 is 23.1 Å². The summed E-state index contributed by atoms with van der Waals surface area (Å²) in [5.74, 6) is -1.16. The average Bonchev–Trinajstić information content (AvgIpc) is 2.80. The molecule has 4 N–H and O–H groups in total. The van der Waals surface area contributed by atoms with Gasteiger partial charge in [0.1, 0.15) is 4.90 Å². The SMILES string of the molecule is Nc1cc(C(=O)O)ccc1S(=O)(=O)NC1CCOC1. The summed E-state index contributed by atoms with van der Waals surface area (Å²) in [7, 11) is -3.76. The number of hydrogen-bond donors (Lipinski definition) is 3. The van der Waals surface area contributed by atoms with Crippen LogP contribution >= 0.6 is 0 Å². The zero-order valence-corrected chi connectivity index (χ0v) is 10.8. The zero-order valence-electron chi connectivity index (χ0n) is 10.00. The molecule has 1 aliphatic heterocycles. The van der Waals surface area contributed by atoms with Gasteiger partial charge in [0.25, 0.3) is 0 Å². The number of nitrogens with two attached hydrogens (primary N) is 1. The lowest BCUT2D eigenvalue weighted by atomic mass is 10.2. The molecule has 1 aromatic rings. The van der Waals surface area contributed by atoms with Gasteiger partial charge in [-0.25, -0.2) is 17.9 Å². The van der Waals surface area contributed by atoms with Crippen molar-refractivity contribution in [2.24, 2.45) is 0 Å². The molecular weight excluding hydrogens is 272 g/mol. The molecule has 1 fully saturated rings. The fourth-order valence-corrected chi connectivity index (χ4v) is 3.20. The number of nitrogens with one attached hydrogen (secondary N) is 1. The van der Waals surface area contributed by atoms with E-state index in [1.54, 1.807) is 0 Å². The van der Waals surface area contributed by atoms with E-state index in [1.165, 1.54) is 12.1 Å².